The summed E-state index contributed by atoms with van der Waals surface area (Å²) in [5, 5.41) is 9.60. The fourth-order valence-electron chi connectivity index (χ4n) is 3.31. The molecular weight excluding hydrogens is 250 g/mol. The Balaban J connectivity index is 1.94. The second-order valence-electron chi connectivity index (χ2n) is 5.95. The van der Waals surface area contributed by atoms with Gasteiger partial charge in [0.05, 0.1) is 5.41 Å². The molecule has 0 aliphatic carbocycles. The summed E-state index contributed by atoms with van der Waals surface area (Å²) < 4.78 is 0. The number of nitrogens with zero attached hydrogens (tertiary/aromatic N) is 1. The quantitative estimate of drug-likeness (QED) is 0.866. The van der Waals surface area contributed by atoms with E-state index < -0.39 is 11.4 Å². The van der Waals surface area contributed by atoms with E-state index in [1.54, 1.807) is 0 Å². The topological polar surface area (TPSA) is 40.5 Å². The molecule has 1 heterocycles. The molecule has 0 bridgehead atoms. The number of piperidine rings is 1. The van der Waals surface area contributed by atoms with Crippen LogP contribution in [-0.4, -0.2) is 35.6 Å². The van der Waals surface area contributed by atoms with Crippen molar-refractivity contribution in [2.75, 3.05) is 19.6 Å². The fraction of sp³-hybridized carbons (Fsp3) is 0.588. The van der Waals surface area contributed by atoms with Gasteiger partial charge in [0.25, 0.3) is 0 Å². The summed E-state index contributed by atoms with van der Waals surface area (Å²) in [5.41, 5.74) is 0.818. The van der Waals surface area contributed by atoms with E-state index in [0.29, 0.717) is 6.54 Å². The number of carboxylic acids is 1. The molecule has 3 nitrogen and oxygen atoms in total. The SMILES string of the molecule is CCCC1(C(=O)O)CCCN(CCc2ccccc2)C1. The Morgan fingerprint density at radius 1 is 1.35 bits per heavy atom. The summed E-state index contributed by atoms with van der Waals surface area (Å²) in [7, 11) is 0. The van der Waals surface area contributed by atoms with Crippen molar-refractivity contribution in [3.8, 4) is 0 Å². The molecule has 110 valence electrons. The number of benzene rings is 1. The molecule has 1 saturated heterocycles. The third-order valence-corrected chi connectivity index (χ3v) is 4.40. The number of hydrogen-bond acceptors (Lipinski definition) is 2. The van der Waals surface area contributed by atoms with Crippen LogP contribution in [0.25, 0.3) is 0 Å². The van der Waals surface area contributed by atoms with Crippen LogP contribution in [0.4, 0.5) is 0 Å². The third kappa shape index (κ3) is 3.60. The van der Waals surface area contributed by atoms with Crippen LogP contribution >= 0.6 is 0 Å². The van der Waals surface area contributed by atoms with Crippen molar-refractivity contribution in [1.29, 1.82) is 0 Å². The number of aliphatic carboxylic acids is 1. The highest BCUT2D eigenvalue weighted by Gasteiger charge is 2.41. The minimum absolute atomic E-state index is 0.510. The van der Waals surface area contributed by atoms with Crippen LogP contribution in [-0.2, 0) is 11.2 Å². The number of likely N-dealkylation sites (tertiary alicyclic amines) is 1. The molecule has 1 aromatic carbocycles. The Bertz CT molecular complexity index is 428. The van der Waals surface area contributed by atoms with Gasteiger partial charge in [0.1, 0.15) is 0 Å². The van der Waals surface area contributed by atoms with Crippen LogP contribution in [0.15, 0.2) is 30.3 Å². The largest absolute Gasteiger partial charge is 0.481 e. The van der Waals surface area contributed by atoms with Gasteiger partial charge in [-0.15, -0.1) is 0 Å². The van der Waals surface area contributed by atoms with Gasteiger partial charge in [0.15, 0.2) is 0 Å². The molecule has 0 radical (unpaired) electrons. The van der Waals surface area contributed by atoms with E-state index in [9.17, 15) is 9.90 Å². The smallest absolute Gasteiger partial charge is 0.310 e. The number of carboxylic acid groups (broad SMARTS) is 1. The molecule has 0 amide bonds. The van der Waals surface area contributed by atoms with Crippen molar-refractivity contribution in [2.45, 2.75) is 39.0 Å². The van der Waals surface area contributed by atoms with Crippen LogP contribution < -0.4 is 0 Å². The second-order valence-corrected chi connectivity index (χ2v) is 5.95. The first kappa shape index (κ1) is 15.0. The summed E-state index contributed by atoms with van der Waals surface area (Å²) >= 11 is 0. The van der Waals surface area contributed by atoms with Crippen molar-refractivity contribution < 1.29 is 9.90 Å². The summed E-state index contributed by atoms with van der Waals surface area (Å²) in [6.45, 7) is 4.78. The Hall–Kier alpha value is -1.35. The fourth-order valence-corrected chi connectivity index (χ4v) is 3.31. The summed E-state index contributed by atoms with van der Waals surface area (Å²) in [4.78, 5) is 14.0. The third-order valence-electron chi connectivity index (χ3n) is 4.40. The standard InChI is InChI=1S/C17H25NO2/c1-2-10-17(16(19)20)11-6-12-18(14-17)13-9-15-7-4-3-5-8-15/h3-5,7-8H,2,6,9-14H2,1H3,(H,19,20). The zero-order valence-corrected chi connectivity index (χ0v) is 12.3. The lowest BCUT2D eigenvalue weighted by atomic mass is 9.76. The van der Waals surface area contributed by atoms with E-state index in [1.807, 2.05) is 6.07 Å². The molecule has 3 heteroatoms. The molecule has 1 atom stereocenters. The maximum Gasteiger partial charge on any atom is 0.310 e. The molecule has 0 saturated carbocycles. The van der Waals surface area contributed by atoms with Crippen LogP contribution in [0.1, 0.15) is 38.2 Å². The first-order chi connectivity index (χ1) is 9.66. The number of hydrogen-bond donors (Lipinski definition) is 1. The average Bonchev–Trinajstić information content (AvgIpc) is 2.47. The minimum atomic E-state index is -0.608. The number of carbonyl (C=O) groups is 1. The van der Waals surface area contributed by atoms with Gasteiger partial charge in [-0.3, -0.25) is 4.79 Å². The van der Waals surface area contributed by atoms with E-state index in [0.717, 1.165) is 45.2 Å². The van der Waals surface area contributed by atoms with E-state index in [1.165, 1.54) is 5.56 Å². The Kier molecular flexibility index (Phi) is 5.18. The van der Waals surface area contributed by atoms with Crippen molar-refractivity contribution in [3.05, 3.63) is 35.9 Å². The molecule has 1 aliphatic heterocycles. The predicted molar refractivity (Wildman–Crippen MR) is 80.8 cm³/mol. The highest BCUT2D eigenvalue weighted by atomic mass is 16.4. The molecule has 2 rings (SSSR count). The molecule has 1 N–H and O–H groups in total. The van der Waals surface area contributed by atoms with E-state index in [4.69, 9.17) is 0 Å². The lowest BCUT2D eigenvalue weighted by Crippen LogP contribution is -2.48. The predicted octanol–water partition coefficient (Wildman–Crippen LogP) is 3.20. The van der Waals surface area contributed by atoms with Gasteiger partial charge in [-0.2, -0.15) is 0 Å². The van der Waals surface area contributed by atoms with Crippen LogP contribution in [0.5, 0.6) is 0 Å². The molecule has 1 aromatic rings. The highest BCUT2D eigenvalue weighted by Crippen LogP contribution is 2.35. The lowest BCUT2D eigenvalue weighted by molar-refractivity contribution is -0.153. The Morgan fingerprint density at radius 3 is 2.75 bits per heavy atom. The normalized spacial score (nSPS) is 23.6. The van der Waals surface area contributed by atoms with Gasteiger partial charge < -0.3 is 10.0 Å². The summed E-state index contributed by atoms with van der Waals surface area (Å²) in [6, 6.07) is 10.4. The first-order valence-electron chi connectivity index (χ1n) is 7.66. The van der Waals surface area contributed by atoms with Gasteiger partial charge in [-0.05, 0) is 37.8 Å². The Labute approximate surface area is 121 Å². The van der Waals surface area contributed by atoms with Gasteiger partial charge in [0.2, 0.25) is 0 Å². The second kappa shape index (κ2) is 6.89. The molecular formula is C17H25NO2. The molecule has 20 heavy (non-hydrogen) atoms. The number of rotatable bonds is 6. The Morgan fingerprint density at radius 2 is 2.10 bits per heavy atom. The molecule has 0 spiro atoms. The van der Waals surface area contributed by atoms with Crippen molar-refractivity contribution in [3.63, 3.8) is 0 Å². The highest BCUT2D eigenvalue weighted by molar-refractivity contribution is 5.75. The zero-order valence-electron chi connectivity index (χ0n) is 12.3. The first-order valence-corrected chi connectivity index (χ1v) is 7.66. The van der Waals surface area contributed by atoms with Gasteiger partial charge >= 0.3 is 5.97 Å². The van der Waals surface area contributed by atoms with Crippen LogP contribution in [0.3, 0.4) is 0 Å². The van der Waals surface area contributed by atoms with Gasteiger partial charge in [-0.25, -0.2) is 0 Å². The summed E-state index contributed by atoms with van der Waals surface area (Å²) in [6.07, 6.45) is 4.57. The average molecular weight is 275 g/mol. The molecule has 1 aliphatic rings. The van der Waals surface area contributed by atoms with Crippen molar-refractivity contribution in [2.24, 2.45) is 5.41 Å². The molecule has 0 aromatic heterocycles. The van der Waals surface area contributed by atoms with Gasteiger partial charge in [-0.1, -0.05) is 43.7 Å². The lowest BCUT2D eigenvalue weighted by Gasteiger charge is -2.40. The van der Waals surface area contributed by atoms with Crippen LogP contribution in [0.2, 0.25) is 0 Å². The van der Waals surface area contributed by atoms with Crippen molar-refractivity contribution in [1.82, 2.24) is 4.90 Å². The maximum atomic E-state index is 11.7. The summed E-state index contributed by atoms with van der Waals surface area (Å²) in [5.74, 6) is -0.608. The minimum Gasteiger partial charge on any atom is -0.481 e. The van der Waals surface area contributed by atoms with E-state index in [-0.39, 0.29) is 0 Å². The monoisotopic (exact) mass is 275 g/mol. The van der Waals surface area contributed by atoms with Crippen molar-refractivity contribution >= 4 is 5.97 Å². The molecule has 1 fully saturated rings. The van der Waals surface area contributed by atoms with E-state index >= 15 is 0 Å². The van der Waals surface area contributed by atoms with Crippen LogP contribution in [0, 0.1) is 5.41 Å². The van der Waals surface area contributed by atoms with Gasteiger partial charge in [0, 0.05) is 13.1 Å². The maximum absolute atomic E-state index is 11.7. The molecule has 1 unspecified atom stereocenters. The zero-order chi connectivity index (χ0) is 14.4. The van der Waals surface area contributed by atoms with E-state index in [2.05, 4.69) is 36.1 Å².